The average molecular weight is 323 g/mol. The molecule has 1 aromatic rings. The molecule has 0 saturated carbocycles. The van der Waals surface area contributed by atoms with E-state index in [0.717, 1.165) is 19.3 Å². The molecule has 0 bridgehead atoms. The van der Waals surface area contributed by atoms with Crippen LogP contribution >= 0.6 is 12.4 Å². The first-order chi connectivity index (χ1) is 8.96. The van der Waals surface area contributed by atoms with E-state index < -0.39 is 10.0 Å². The van der Waals surface area contributed by atoms with Gasteiger partial charge in [-0.2, -0.15) is 9.40 Å². The quantitative estimate of drug-likeness (QED) is 0.893. The summed E-state index contributed by atoms with van der Waals surface area (Å²) in [5, 5.41) is 4.02. The minimum Gasteiger partial charge on any atom is -0.330 e. The van der Waals surface area contributed by atoms with Gasteiger partial charge in [0.1, 0.15) is 4.90 Å². The van der Waals surface area contributed by atoms with E-state index in [4.69, 9.17) is 5.73 Å². The molecule has 1 aromatic heterocycles. The zero-order valence-electron chi connectivity index (χ0n) is 11.9. The van der Waals surface area contributed by atoms with Crippen LogP contribution in [0.25, 0.3) is 0 Å². The number of aromatic nitrogens is 2. The van der Waals surface area contributed by atoms with Gasteiger partial charge >= 0.3 is 0 Å². The van der Waals surface area contributed by atoms with E-state index in [2.05, 4.69) is 5.10 Å². The highest BCUT2D eigenvalue weighted by Gasteiger charge is 2.32. The Kier molecular flexibility index (Phi) is 6.00. The number of sulfonamides is 1. The molecule has 1 fully saturated rings. The van der Waals surface area contributed by atoms with Crippen LogP contribution in [0.4, 0.5) is 0 Å². The van der Waals surface area contributed by atoms with Crippen molar-refractivity contribution in [2.24, 2.45) is 18.7 Å². The minimum absolute atomic E-state index is 0. The fourth-order valence-electron chi connectivity index (χ4n) is 2.59. The van der Waals surface area contributed by atoms with Crippen LogP contribution in [-0.4, -0.2) is 42.1 Å². The first-order valence-corrected chi connectivity index (χ1v) is 8.09. The van der Waals surface area contributed by atoms with Crippen molar-refractivity contribution in [3.05, 3.63) is 11.9 Å². The molecule has 20 heavy (non-hydrogen) atoms. The van der Waals surface area contributed by atoms with Crippen LogP contribution in [0, 0.1) is 12.8 Å². The van der Waals surface area contributed by atoms with E-state index >= 15 is 0 Å². The van der Waals surface area contributed by atoms with Crippen LogP contribution in [0.1, 0.15) is 25.0 Å². The van der Waals surface area contributed by atoms with Crippen molar-refractivity contribution in [1.82, 2.24) is 14.1 Å². The molecule has 0 radical (unpaired) electrons. The van der Waals surface area contributed by atoms with Crippen molar-refractivity contribution in [3.8, 4) is 0 Å². The van der Waals surface area contributed by atoms with Crippen molar-refractivity contribution in [1.29, 1.82) is 0 Å². The van der Waals surface area contributed by atoms with Gasteiger partial charge in [-0.15, -0.1) is 12.4 Å². The molecule has 2 N–H and O–H groups in total. The third kappa shape index (κ3) is 3.33. The van der Waals surface area contributed by atoms with Crippen molar-refractivity contribution >= 4 is 22.4 Å². The Morgan fingerprint density at radius 2 is 2.20 bits per heavy atom. The van der Waals surface area contributed by atoms with Crippen LogP contribution in [0.5, 0.6) is 0 Å². The van der Waals surface area contributed by atoms with E-state index in [9.17, 15) is 8.42 Å². The van der Waals surface area contributed by atoms with Crippen LogP contribution < -0.4 is 5.73 Å². The van der Waals surface area contributed by atoms with E-state index in [1.165, 1.54) is 6.20 Å². The monoisotopic (exact) mass is 322 g/mol. The van der Waals surface area contributed by atoms with Gasteiger partial charge in [0.15, 0.2) is 0 Å². The summed E-state index contributed by atoms with van der Waals surface area (Å²) in [4.78, 5) is 0.323. The lowest BCUT2D eigenvalue weighted by Crippen LogP contribution is -2.40. The van der Waals surface area contributed by atoms with E-state index in [1.807, 2.05) is 0 Å². The maximum absolute atomic E-state index is 12.6. The molecule has 0 aliphatic carbocycles. The Morgan fingerprint density at radius 3 is 2.75 bits per heavy atom. The molecule has 2 heterocycles. The summed E-state index contributed by atoms with van der Waals surface area (Å²) in [7, 11) is -1.66. The summed E-state index contributed by atoms with van der Waals surface area (Å²) in [5.74, 6) is 0.380. The van der Waals surface area contributed by atoms with Gasteiger partial charge in [-0.3, -0.25) is 4.68 Å². The predicted molar refractivity (Wildman–Crippen MR) is 80.3 cm³/mol. The number of rotatable bonds is 4. The highest BCUT2D eigenvalue weighted by atomic mass is 35.5. The standard InChI is InChI=1S/C12H22N4O2S.ClH/c1-10-12(8-14-15(10)2)19(17,18)16-7-3-4-11(9-16)5-6-13;/h8,11H,3-7,9,13H2,1-2H3;1H. The molecule has 1 aliphatic heterocycles. The van der Waals surface area contributed by atoms with Gasteiger partial charge in [-0.05, 0) is 38.6 Å². The van der Waals surface area contributed by atoms with Gasteiger partial charge in [0.05, 0.1) is 11.9 Å². The van der Waals surface area contributed by atoms with Crippen molar-refractivity contribution in [2.75, 3.05) is 19.6 Å². The Balaban J connectivity index is 0.00000200. The molecule has 2 rings (SSSR count). The molecular formula is C12H23ClN4O2S. The average Bonchev–Trinajstić information content (AvgIpc) is 2.71. The normalized spacial score (nSPS) is 20.6. The second kappa shape index (κ2) is 6.89. The first-order valence-electron chi connectivity index (χ1n) is 6.65. The summed E-state index contributed by atoms with van der Waals surface area (Å²) >= 11 is 0. The summed E-state index contributed by atoms with van der Waals surface area (Å²) in [6, 6.07) is 0. The molecule has 1 atom stereocenters. The molecular weight excluding hydrogens is 300 g/mol. The summed E-state index contributed by atoms with van der Waals surface area (Å²) in [5.41, 5.74) is 6.25. The third-order valence-corrected chi connectivity index (χ3v) is 5.83. The first kappa shape index (κ1) is 17.4. The summed E-state index contributed by atoms with van der Waals surface area (Å²) in [6.45, 7) is 3.57. The van der Waals surface area contributed by atoms with Gasteiger partial charge in [0.25, 0.3) is 0 Å². The van der Waals surface area contributed by atoms with E-state index in [-0.39, 0.29) is 12.4 Å². The summed E-state index contributed by atoms with van der Waals surface area (Å²) in [6.07, 6.45) is 4.30. The van der Waals surface area contributed by atoms with Gasteiger partial charge in [-0.1, -0.05) is 0 Å². The van der Waals surface area contributed by atoms with E-state index in [1.54, 1.807) is 23.0 Å². The zero-order chi connectivity index (χ0) is 14.0. The lowest BCUT2D eigenvalue weighted by Gasteiger charge is -2.31. The number of halogens is 1. The van der Waals surface area contributed by atoms with E-state index in [0.29, 0.717) is 36.1 Å². The van der Waals surface area contributed by atoms with Crippen LogP contribution in [0.15, 0.2) is 11.1 Å². The fourth-order valence-corrected chi connectivity index (χ4v) is 4.33. The second-order valence-corrected chi connectivity index (χ2v) is 7.07. The molecule has 1 aliphatic rings. The van der Waals surface area contributed by atoms with Crippen LogP contribution in [0.3, 0.4) is 0 Å². The molecule has 8 heteroatoms. The molecule has 0 aromatic carbocycles. The highest BCUT2D eigenvalue weighted by Crippen LogP contribution is 2.26. The van der Waals surface area contributed by atoms with Crippen LogP contribution in [0.2, 0.25) is 0 Å². The topological polar surface area (TPSA) is 81.2 Å². The third-order valence-electron chi connectivity index (χ3n) is 3.86. The number of aryl methyl sites for hydroxylation is 1. The largest absolute Gasteiger partial charge is 0.330 e. The van der Waals surface area contributed by atoms with Crippen molar-refractivity contribution in [3.63, 3.8) is 0 Å². The number of nitrogens with two attached hydrogens (primary N) is 1. The fraction of sp³-hybridized carbons (Fsp3) is 0.750. The lowest BCUT2D eigenvalue weighted by atomic mass is 9.96. The zero-order valence-corrected chi connectivity index (χ0v) is 13.6. The Morgan fingerprint density at radius 1 is 1.50 bits per heavy atom. The van der Waals surface area contributed by atoms with Crippen molar-refractivity contribution < 1.29 is 8.42 Å². The molecule has 1 unspecified atom stereocenters. The molecule has 6 nitrogen and oxygen atoms in total. The van der Waals surface area contributed by atoms with Gasteiger partial charge in [0.2, 0.25) is 10.0 Å². The maximum atomic E-state index is 12.6. The highest BCUT2D eigenvalue weighted by molar-refractivity contribution is 7.89. The lowest BCUT2D eigenvalue weighted by molar-refractivity contribution is 0.258. The smallest absolute Gasteiger partial charge is 0.246 e. The summed E-state index contributed by atoms with van der Waals surface area (Å²) < 4.78 is 28.4. The minimum atomic E-state index is -3.41. The number of piperidine rings is 1. The van der Waals surface area contributed by atoms with Gasteiger partial charge in [-0.25, -0.2) is 8.42 Å². The molecule has 0 spiro atoms. The Labute approximate surface area is 126 Å². The van der Waals surface area contributed by atoms with Gasteiger partial charge < -0.3 is 5.73 Å². The van der Waals surface area contributed by atoms with Crippen molar-refractivity contribution in [2.45, 2.75) is 31.1 Å². The Bertz CT molecular complexity index is 542. The van der Waals surface area contributed by atoms with Gasteiger partial charge in [0, 0.05) is 20.1 Å². The molecule has 0 amide bonds. The Hall–Kier alpha value is -0.630. The second-order valence-electron chi connectivity index (χ2n) is 5.17. The van der Waals surface area contributed by atoms with Crippen LogP contribution in [-0.2, 0) is 17.1 Å². The number of nitrogens with zero attached hydrogens (tertiary/aromatic N) is 3. The molecule has 116 valence electrons. The maximum Gasteiger partial charge on any atom is 0.246 e. The predicted octanol–water partition coefficient (Wildman–Crippen LogP) is 0.900. The number of hydrogen-bond donors (Lipinski definition) is 1. The number of hydrogen-bond acceptors (Lipinski definition) is 4. The molecule has 1 saturated heterocycles. The SMILES string of the molecule is Cc1c(S(=O)(=O)N2CCCC(CCN)C2)cnn1C.Cl.